The molecule has 0 radical (unpaired) electrons. The predicted octanol–water partition coefficient (Wildman–Crippen LogP) is 2.97. The number of rotatable bonds is 2. The first-order valence-corrected chi connectivity index (χ1v) is 6.18. The lowest BCUT2D eigenvalue weighted by Crippen LogP contribution is -2.03. The van der Waals surface area contributed by atoms with Gasteiger partial charge < -0.3 is 4.74 Å². The molecule has 2 nitrogen and oxygen atoms in total. The second-order valence-corrected chi connectivity index (χ2v) is 4.44. The third-order valence-corrected chi connectivity index (χ3v) is 3.19. The van der Waals surface area contributed by atoms with Gasteiger partial charge in [0.2, 0.25) is 0 Å². The second kappa shape index (κ2) is 4.65. The first kappa shape index (κ1) is 11.0. The Bertz CT molecular complexity index is 562. The molecule has 0 saturated carbocycles. The fourth-order valence-corrected chi connectivity index (χ4v) is 2.29. The molecule has 0 fully saturated rings. The van der Waals surface area contributed by atoms with Crippen molar-refractivity contribution < 1.29 is 9.53 Å². The molecule has 0 spiro atoms. The molecule has 1 aromatic carbocycles. The first-order chi connectivity index (χ1) is 8.84. The van der Waals surface area contributed by atoms with E-state index >= 15 is 0 Å². The Labute approximate surface area is 106 Å². The van der Waals surface area contributed by atoms with Crippen LogP contribution in [0.25, 0.3) is 0 Å². The van der Waals surface area contributed by atoms with Gasteiger partial charge in [-0.05, 0) is 12.0 Å². The molecule has 2 aliphatic rings. The summed E-state index contributed by atoms with van der Waals surface area (Å²) in [6, 6.07) is 10.1. The third kappa shape index (κ3) is 2.02. The Balaban J connectivity index is 1.85. The smallest absolute Gasteiger partial charge is 0.189 e. The van der Waals surface area contributed by atoms with Crippen molar-refractivity contribution in [2.24, 2.45) is 0 Å². The van der Waals surface area contributed by atoms with Crippen LogP contribution in [0.1, 0.15) is 12.0 Å². The number of ether oxygens (including phenoxy) is 1. The van der Waals surface area contributed by atoms with Gasteiger partial charge in [-0.25, -0.2) is 0 Å². The predicted molar refractivity (Wildman–Crippen MR) is 70.0 cm³/mol. The lowest BCUT2D eigenvalue weighted by atomic mass is 10.0. The van der Waals surface area contributed by atoms with Gasteiger partial charge >= 0.3 is 0 Å². The molecule has 1 aliphatic carbocycles. The van der Waals surface area contributed by atoms with Crippen LogP contribution in [-0.2, 0) is 16.0 Å². The Morgan fingerprint density at radius 3 is 2.89 bits per heavy atom. The standard InChI is InChI=1S/C16H14O2/c17-15-11-16-14(7-4-10-18-16)13(15)9-8-12-5-2-1-3-6-12/h1-3,5-7,9,11H,4,8,10H2/b13-9+. The molecule has 2 heteroatoms. The van der Waals surface area contributed by atoms with E-state index in [0.717, 1.165) is 29.7 Å². The van der Waals surface area contributed by atoms with Crippen molar-refractivity contribution in [3.8, 4) is 0 Å². The molecule has 1 aliphatic heterocycles. The molecule has 0 atom stereocenters. The van der Waals surface area contributed by atoms with E-state index in [4.69, 9.17) is 4.74 Å². The number of allylic oxidation sites excluding steroid dienone is 3. The average molecular weight is 238 g/mol. The Hall–Kier alpha value is -2.09. The zero-order valence-corrected chi connectivity index (χ0v) is 10.1. The topological polar surface area (TPSA) is 26.3 Å². The van der Waals surface area contributed by atoms with Crippen LogP contribution in [0, 0.1) is 0 Å². The van der Waals surface area contributed by atoms with Crippen molar-refractivity contribution in [2.75, 3.05) is 6.61 Å². The Kier molecular flexibility index (Phi) is 2.85. The summed E-state index contributed by atoms with van der Waals surface area (Å²) in [5, 5.41) is 0. The van der Waals surface area contributed by atoms with Crippen molar-refractivity contribution in [3.63, 3.8) is 0 Å². The average Bonchev–Trinajstić information content (AvgIpc) is 2.73. The molecule has 18 heavy (non-hydrogen) atoms. The molecule has 90 valence electrons. The van der Waals surface area contributed by atoms with E-state index in [9.17, 15) is 4.79 Å². The lowest BCUT2D eigenvalue weighted by Gasteiger charge is -2.13. The van der Waals surface area contributed by atoms with Crippen molar-refractivity contribution in [3.05, 3.63) is 71.0 Å². The summed E-state index contributed by atoms with van der Waals surface area (Å²) in [5.74, 6) is 0.805. The molecule has 0 unspecified atom stereocenters. The Morgan fingerprint density at radius 1 is 1.22 bits per heavy atom. The van der Waals surface area contributed by atoms with Crippen LogP contribution in [0.5, 0.6) is 0 Å². The van der Waals surface area contributed by atoms with Gasteiger partial charge in [-0.3, -0.25) is 4.79 Å². The second-order valence-electron chi connectivity index (χ2n) is 4.44. The van der Waals surface area contributed by atoms with Crippen LogP contribution in [0.15, 0.2) is 65.5 Å². The van der Waals surface area contributed by atoms with Gasteiger partial charge in [-0.2, -0.15) is 0 Å². The van der Waals surface area contributed by atoms with Gasteiger partial charge in [0.05, 0.1) is 6.61 Å². The highest BCUT2D eigenvalue weighted by Crippen LogP contribution is 2.32. The van der Waals surface area contributed by atoms with Crippen molar-refractivity contribution in [1.29, 1.82) is 0 Å². The SMILES string of the molecule is O=C1C=C2OCCC=C2/C1=C\Cc1ccccc1. The number of hydrogen-bond donors (Lipinski definition) is 0. The highest BCUT2D eigenvalue weighted by Gasteiger charge is 2.27. The molecule has 1 heterocycles. The van der Waals surface area contributed by atoms with Gasteiger partial charge in [0.25, 0.3) is 0 Å². The maximum absolute atomic E-state index is 11.9. The summed E-state index contributed by atoms with van der Waals surface area (Å²) in [6.07, 6.45) is 7.35. The molecule has 0 saturated heterocycles. The van der Waals surface area contributed by atoms with E-state index in [1.165, 1.54) is 5.56 Å². The molecular weight excluding hydrogens is 224 g/mol. The normalized spacial score (nSPS) is 20.2. The van der Waals surface area contributed by atoms with Crippen LogP contribution < -0.4 is 0 Å². The molecule has 1 aromatic rings. The number of benzene rings is 1. The summed E-state index contributed by atoms with van der Waals surface area (Å²) in [4.78, 5) is 11.9. The number of fused-ring (bicyclic) bond motifs is 1. The minimum absolute atomic E-state index is 0.0640. The van der Waals surface area contributed by atoms with E-state index in [1.807, 2.05) is 24.3 Å². The summed E-state index contributed by atoms with van der Waals surface area (Å²) in [5.41, 5.74) is 2.97. The molecule has 0 N–H and O–H groups in total. The molecule has 0 bridgehead atoms. The zero-order valence-electron chi connectivity index (χ0n) is 10.1. The number of carbonyl (C=O) groups excluding carboxylic acids is 1. The summed E-state index contributed by atoms with van der Waals surface area (Å²) in [6.45, 7) is 0.675. The minimum atomic E-state index is 0.0640. The van der Waals surface area contributed by atoms with Gasteiger partial charge in [-0.1, -0.05) is 42.5 Å². The number of hydrogen-bond acceptors (Lipinski definition) is 2. The third-order valence-electron chi connectivity index (χ3n) is 3.19. The van der Waals surface area contributed by atoms with Gasteiger partial charge in [0, 0.05) is 23.6 Å². The monoisotopic (exact) mass is 238 g/mol. The molecular formula is C16H14O2. The molecule has 0 amide bonds. The van der Waals surface area contributed by atoms with Crippen molar-refractivity contribution in [1.82, 2.24) is 0 Å². The van der Waals surface area contributed by atoms with Crippen LogP contribution in [-0.4, -0.2) is 12.4 Å². The fraction of sp³-hybridized carbons (Fsp3) is 0.188. The fourth-order valence-electron chi connectivity index (χ4n) is 2.29. The number of carbonyl (C=O) groups is 1. The Morgan fingerprint density at radius 2 is 2.06 bits per heavy atom. The van der Waals surface area contributed by atoms with E-state index < -0.39 is 0 Å². The van der Waals surface area contributed by atoms with Crippen molar-refractivity contribution in [2.45, 2.75) is 12.8 Å². The highest BCUT2D eigenvalue weighted by molar-refractivity contribution is 6.12. The van der Waals surface area contributed by atoms with Gasteiger partial charge in [0.15, 0.2) is 5.78 Å². The van der Waals surface area contributed by atoms with E-state index in [0.29, 0.717) is 6.61 Å². The summed E-state index contributed by atoms with van der Waals surface area (Å²) < 4.78 is 5.49. The van der Waals surface area contributed by atoms with Crippen LogP contribution in [0.4, 0.5) is 0 Å². The largest absolute Gasteiger partial charge is 0.492 e. The first-order valence-electron chi connectivity index (χ1n) is 6.18. The minimum Gasteiger partial charge on any atom is -0.492 e. The van der Waals surface area contributed by atoms with Gasteiger partial charge in [0.1, 0.15) is 5.76 Å². The summed E-state index contributed by atoms with van der Waals surface area (Å²) >= 11 is 0. The van der Waals surface area contributed by atoms with Gasteiger partial charge in [-0.15, -0.1) is 0 Å². The zero-order chi connectivity index (χ0) is 12.4. The lowest BCUT2D eigenvalue weighted by molar-refractivity contribution is -0.110. The van der Waals surface area contributed by atoms with Crippen molar-refractivity contribution >= 4 is 5.78 Å². The van der Waals surface area contributed by atoms with Crippen LogP contribution >= 0.6 is 0 Å². The van der Waals surface area contributed by atoms with E-state index in [1.54, 1.807) is 6.08 Å². The maximum atomic E-state index is 11.9. The maximum Gasteiger partial charge on any atom is 0.189 e. The highest BCUT2D eigenvalue weighted by atomic mass is 16.5. The van der Waals surface area contributed by atoms with E-state index in [2.05, 4.69) is 18.2 Å². The van der Waals surface area contributed by atoms with Crippen LogP contribution in [0.3, 0.4) is 0 Å². The quantitative estimate of drug-likeness (QED) is 0.740. The van der Waals surface area contributed by atoms with E-state index in [-0.39, 0.29) is 5.78 Å². The van der Waals surface area contributed by atoms with Crippen LogP contribution in [0.2, 0.25) is 0 Å². The number of ketones is 1. The molecule has 0 aromatic heterocycles. The molecule has 3 rings (SSSR count). The summed E-state index contributed by atoms with van der Waals surface area (Å²) in [7, 11) is 0.